The predicted molar refractivity (Wildman–Crippen MR) is 81.4 cm³/mol. The molecule has 23 heavy (non-hydrogen) atoms. The van der Waals surface area contributed by atoms with Crippen LogP contribution in [0.4, 0.5) is 0 Å². The van der Waals surface area contributed by atoms with Crippen molar-refractivity contribution < 1.29 is 14.7 Å². The number of H-pyrrole nitrogens is 1. The number of carbonyl (C=O) groups is 2. The topological polar surface area (TPSA) is 131 Å². The Kier molecular flexibility index (Phi) is 4.51. The van der Waals surface area contributed by atoms with Crippen LogP contribution in [0.3, 0.4) is 0 Å². The highest BCUT2D eigenvalue weighted by atomic mass is 16.3. The Morgan fingerprint density at radius 2 is 2.13 bits per heavy atom. The second-order valence-corrected chi connectivity index (χ2v) is 5.27. The van der Waals surface area contributed by atoms with Gasteiger partial charge in [0.25, 0.3) is 0 Å². The van der Waals surface area contributed by atoms with Crippen molar-refractivity contribution in [3.05, 3.63) is 30.1 Å². The Hall–Kier alpha value is -2.49. The highest BCUT2D eigenvalue weighted by Crippen LogP contribution is 2.10. The summed E-state index contributed by atoms with van der Waals surface area (Å²) in [6, 6.07) is 7.07. The van der Waals surface area contributed by atoms with E-state index in [-0.39, 0.29) is 18.2 Å². The fourth-order valence-corrected chi connectivity index (χ4v) is 2.36. The van der Waals surface area contributed by atoms with Crippen LogP contribution < -0.4 is 21.5 Å². The number of rotatable bonds is 5. The summed E-state index contributed by atoms with van der Waals surface area (Å²) in [6.45, 7) is 0.300. The van der Waals surface area contributed by atoms with Gasteiger partial charge < -0.3 is 20.7 Å². The number of aliphatic hydroxyl groups excluding tert-OH is 1. The van der Waals surface area contributed by atoms with Crippen LogP contribution >= 0.6 is 0 Å². The Bertz CT molecular complexity index is 682. The van der Waals surface area contributed by atoms with E-state index in [1.807, 2.05) is 24.3 Å². The molecule has 0 radical (unpaired) electrons. The molecule has 3 rings (SSSR count). The van der Waals surface area contributed by atoms with Crippen molar-refractivity contribution in [2.75, 3.05) is 0 Å². The maximum absolute atomic E-state index is 11.9. The van der Waals surface area contributed by atoms with Crippen molar-refractivity contribution in [3.8, 4) is 0 Å². The normalized spacial score (nSPS) is 21.2. The van der Waals surface area contributed by atoms with E-state index in [0.717, 1.165) is 11.0 Å². The van der Waals surface area contributed by atoms with Crippen LogP contribution in [0, 0.1) is 0 Å². The van der Waals surface area contributed by atoms with Crippen molar-refractivity contribution in [2.45, 2.75) is 31.8 Å². The molecule has 0 aliphatic carbocycles. The summed E-state index contributed by atoms with van der Waals surface area (Å²) in [7, 11) is 0. The van der Waals surface area contributed by atoms with E-state index in [1.54, 1.807) is 0 Å². The molecule has 2 heterocycles. The smallest absolute Gasteiger partial charge is 0.241 e. The van der Waals surface area contributed by atoms with Gasteiger partial charge in [-0.2, -0.15) is 0 Å². The first kappa shape index (κ1) is 15.4. The molecule has 0 spiro atoms. The minimum absolute atomic E-state index is 0.175. The van der Waals surface area contributed by atoms with Gasteiger partial charge in [-0.1, -0.05) is 12.1 Å². The van der Waals surface area contributed by atoms with E-state index in [2.05, 4.69) is 31.5 Å². The van der Waals surface area contributed by atoms with Gasteiger partial charge in [0.05, 0.1) is 17.6 Å². The molecule has 2 amide bonds. The molecule has 2 atom stereocenters. The molecule has 1 aliphatic rings. The van der Waals surface area contributed by atoms with Crippen LogP contribution in [-0.4, -0.2) is 39.3 Å². The standard InChI is InChI=1S/C14H18N6O3/c21-12(6-5-10-13(22)18-14(23)20-19-10)15-7-11-16-8-3-1-2-4-9(8)17-11/h1-4,10,14,19-20,23H,5-7H2,(H,15,21)(H,16,17)(H,18,22). The largest absolute Gasteiger partial charge is 0.360 e. The van der Waals surface area contributed by atoms with Gasteiger partial charge in [-0.3, -0.25) is 9.59 Å². The lowest BCUT2D eigenvalue weighted by molar-refractivity contribution is -0.132. The minimum Gasteiger partial charge on any atom is -0.360 e. The lowest BCUT2D eigenvalue weighted by Crippen LogP contribution is -2.65. The Balaban J connectivity index is 1.45. The molecule has 1 aromatic carbocycles. The number of imidazole rings is 1. The van der Waals surface area contributed by atoms with Crippen molar-refractivity contribution in [1.29, 1.82) is 0 Å². The van der Waals surface area contributed by atoms with Gasteiger partial charge in [-0.15, -0.1) is 0 Å². The average Bonchev–Trinajstić information content (AvgIpc) is 2.95. The third-order valence-corrected chi connectivity index (χ3v) is 3.54. The van der Waals surface area contributed by atoms with Gasteiger partial charge in [0.15, 0.2) is 6.35 Å². The van der Waals surface area contributed by atoms with E-state index >= 15 is 0 Å². The zero-order valence-corrected chi connectivity index (χ0v) is 12.3. The number of aliphatic hydroxyl groups is 1. The number of nitrogens with zero attached hydrogens (tertiary/aromatic N) is 1. The molecule has 2 unspecified atom stereocenters. The van der Waals surface area contributed by atoms with Gasteiger partial charge in [0.2, 0.25) is 11.8 Å². The number of benzene rings is 1. The van der Waals surface area contributed by atoms with E-state index < -0.39 is 12.4 Å². The molecular formula is C14H18N6O3. The third kappa shape index (κ3) is 3.83. The molecule has 122 valence electrons. The Labute approximate surface area is 131 Å². The average molecular weight is 318 g/mol. The maximum atomic E-state index is 11.9. The number of aromatic nitrogens is 2. The number of fused-ring (bicyclic) bond motifs is 1. The summed E-state index contributed by atoms with van der Waals surface area (Å²) in [4.78, 5) is 30.9. The van der Waals surface area contributed by atoms with Crippen molar-refractivity contribution in [2.24, 2.45) is 0 Å². The summed E-state index contributed by atoms with van der Waals surface area (Å²) in [5, 5.41) is 14.2. The van der Waals surface area contributed by atoms with E-state index in [0.29, 0.717) is 18.8 Å². The first-order chi connectivity index (χ1) is 11.1. The molecule has 1 fully saturated rings. The van der Waals surface area contributed by atoms with E-state index in [9.17, 15) is 9.59 Å². The fourth-order valence-electron chi connectivity index (χ4n) is 2.36. The summed E-state index contributed by atoms with van der Waals surface area (Å²) in [5.41, 5.74) is 6.91. The summed E-state index contributed by atoms with van der Waals surface area (Å²) < 4.78 is 0. The maximum Gasteiger partial charge on any atom is 0.241 e. The summed E-state index contributed by atoms with van der Waals surface area (Å²) in [5.74, 6) is 0.158. The Morgan fingerprint density at radius 1 is 1.30 bits per heavy atom. The molecule has 9 nitrogen and oxygen atoms in total. The molecule has 2 aromatic rings. The first-order valence-electron chi connectivity index (χ1n) is 7.31. The molecule has 6 N–H and O–H groups in total. The second-order valence-electron chi connectivity index (χ2n) is 5.27. The van der Waals surface area contributed by atoms with E-state index in [4.69, 9.17) is 5.11 Å². The highest BCUT2D eigenvalue weighted by Gasteiger charge is 2.25. The second kappa shape index (κ2) is 6.73. The van der Waals surface area contributed by atoms with Crippen molar-refractivity contribution >= 4 is 22.8 Å². The summed E-state index contributed by atoms with van der Waals surface area (Å²) in [6.07, 6.45) is -0.610. The predicted octanol–water partition coefficient (Wildman–Crippen LogP) is -1.17. The van der Waals surface area contributed by atoms with Crippen LogP contribution in [0.1, 0.15) is 18.7 Å². The molecule has 1 aromatic heterocycles. The third-order valence-electron chi connectivity index (χ3n) is 3.54. The molecule has 0 saturated carbocycles. The van der Waals surface area contributed by atoms with Gasteiger partial charge in [0, 0.05) is 6.42 Å². The number of hydrogen-bond acceptors (Lipinski definition) is 6. The fraction of sp³-hybridized carbons (Fsp3) is 0.357. The quantitative estimate of drug-likeness (QED) is 0.412. The number of amides is 2. The van der Waals surface area contributed by atoms with Gasteiger partial charge >= 0.3 is 0 Å². The van der Waals surface area contributed by atoms with Crippen LogP contribution in [0.15, 0.2) is 24.3 Å². The lowest BCUT2D eigenvalue weighted by atomic mass is 10.1. The van der Waals surface area contributed by atoms with Gasteiger partial charge in [0.1, 0.15) is 11.9 Å². The molecular weight excluding hydrogens is 300 g/mol. The van der Waals surface area contributed by atoms with E-state index in [1.165, 1.54) is 0 Å². The van der Waals surface area contributed by atoms with Crippen LogP contribution in [0.5, 0.6) is 0 Å². The SMILES string of the molecule is O=C(CCC1NNC(O)NC1=O)NCc1nc2ccccc2[nH]1. The zero-order valence-electron chi connectivity index (χ0n) is 12.3. The lowest BCUT2D eigenvalue weighted by Gasteiger charge is -2.27. The number of hydrogen-bond donors (Lipinski definition) is 6. The van der Waals surface area contributed by atoms with Crippen LogP contribution in [0.25, 0.3) is 11.0 Å². The Morgan fingerprint density at radius 3 is 2.91 bits per heavy atom. The monoisotopic (exact) mass is 318 g/mol. The zero-order chi connectivity index (χ0) is 16.2. The number of nitrogens with one attached hydrogen (secondary N) is 5. The number of carbonyl (C=O) groups excluding carboxylic acids is 2. The number of para-hydroxylation sites is 2. The molecule has 9 heteroatoms. The highest BCUT2D eigenvalue weighted by molar-refractivity contribution is 5.83. The molecule has 0 bridgehead atoms. The van der Waals surface area contributed by atoms with Crippen molar-refractivity contribution in [1.82, 2.24) is 31.5 Å². The van der Waals surface area contributed by atoms with Crippen LogP contribution in [-0.2, 0) is 16.1 Å². The van der Waals surface area contributed by atoms with Gasteiger partial charge in [-0.25, -0.2) is 15.8 Å². The number of hydrazine groups is 1. The minimum atomic E-state index is -1.11. The molecule has 1 saturated heterocycles. The van der Waals surface area contributed by atoms with Gasteiger partial charge in [-0.05, 0) is 18.6 Å². The summed E-state index contributed by atoms with van der Waals surface area (Å²) >= 11 is 0. The first-order valence-corrected chi connectivity index (χ1v) is 7.31. The van der Waals surface area contributed by atoms with Crippen molar-refractivity contribution in [3.63, 3.8) is 0 Å². The number of aromatic amines is 1. The molecule has 1 aliphatic heterocycles. The van der Waals surface area contributed by atoms with Crippen LogP contribution in [0.2, 0.25) is 0 Å².